The van der Waals surface area contributed by atoms with Crippen molar-refractivity contribution in [3.63, 3.8) is 0 Å². The van der Waals surface area contributed by atoms with E-state index in [0.29, 0.717) is 17.1 Å². The molecule has 1 aromatic heterocycles. The van der Waals surface area contributed by atoms with E-state index in [0.717, 1.165) is 28.4 Å². The Morgan fingerprint density at radius 1 is 0.933 bits per heavy atom. The standard InChI is InChI=1S/C23H22N4O3/c1-2-27-20-6-4-3-5-18(20)19-12-17(7-8-21(19)27)26-22(28)13-30-23(29)14-9-15(24)11-16(25)10-14/h3-12H,2,13,24-25H2,1H3,(H,26,28). The van der Waals surface area contributed by atoms with Gasteiger partial charge in [0.2, 0.25) is 0 Å². The second-order valence-electron chi connectivity index (χ2n) is 7.01. The molecule has 0 saturated heterocycles. The molecular weight excluding hydrogens is 380 g/mol. The molecule has 0 radical (unpaired) electrons. The van der Waals surface area contributed by atoms with E-state index >= 15 is 0 Å². The number of para-hydroxylation sites is 1. The Bertz CT molecular complexity index is 1260. The monoisotopic (exact) mass is 402 g/mol. The summed E-state index contributed by atoms with van der Waals surface area (Å²) in [6, 6.07) is 18.4. The fraction of sp³-hybridized carbons (Fsp3) is 0.130. The Labute approximate surface area is 173 Å². The third kappa shape index (κ3) is 3.65. The number of hydrogen-bond acceptors (Lipinski definition) is 5. The van der Waals surface area contributed by atoms with Crippen LogP contribution in [0.2, 0.25) is 0 Å². The van der Waals surface area contributed by atoms with Crippen LogP contribution in [0.5, 0.6) is 0 Å². The highest BCUT2D eigenvalue weighted by Crippen LogP contribution is 2.30. The number of esters is 1. The van der Waals surface area contributed by atoms with Crippen LogP contribution >= 0.6 is 0 Å². The summed E-state index contributed by atoms with van der Waals surface area (Å²) < 4.78 is 7.32. The Hall–Kier alpha value is -4.00. The van der Waals surface area contributed by atoms with Crippen LogP contribution in [0.3, 0.4) is 0 Å². The van der Waals surface area contributed by atoms with Crippen molar-refractivity contribution < 1.29 is 14.3 Å². The second-order valence-corrected chi connectivity index (χ2v) is 7.01. The molecule has 3 aromatic carbocycles. The van der Waals surface area contributed by atoms with Crippen molar-refractivity contribution in [1.29, 1.82) is 0 Å². The highest BCUT2D eigenvalue weighted by Gasteiger charge is 2.13. The van der Waals surface area contributed by atoms with Crippen LogP contribution in [0.15, 0.2) is 60.7 Å². The molecule has 1 amide bonds. The first-order valence-electron chi connectivity index (χ1n) is 9.60. The average molecular weight is 402 g/mol. The van der Waals surface area contributed by atoms with E-state index in [1.54, 1.807) is 0 Å². The molecule has 0 bridgehead atoms. The number of nitrogen functional groups attached to an aromatic ring is 2. The summed E-state index contributed by atoms with van der Waals surface area (Å²) in [4.78, 5) is 24.4. The summed E-state index contributed by atoms with van der Waals surface area (Å²) in [5.74, 6) is -1.09. The maximum Gasteiger partial charge on any atom is 0.338 e. The number of hydrogen-bond donors (Lipinski definition) is 3. The lowest BCUT2D eigenvalue weighted by Crippen LogP contribution is -2.21. The Balaban J connectivity index is 1.49. The summed E-state index contributed by atoms with van der Waals surface area (Å²) >= 11 is 0. The summed E-state index contributed by atoms with van der Waals surface area (Å²) in [7, 11) is 0. The highest BCUT2D eigenvalue weighted by atomic mass is 16.5. The smallest absolute Gasteiger partial charge is 0.338 e. The SMILES string of the molecule is CCn1c2ccccc2c2cc(NC(=O)COC(=O)c3cc(N)cc(N)c3)ccc21. The molecule has 152 valence electrons. The van der Waals surface area contributed by atoms with Gasteiger partial charge in [-0.2, -0.15) is 0 Å². The number of amides is 1. The zero-order valence-electron chi connectivity index (χ0n) is 16.5. The minimum atomic E-state index is -0.661. The van der Waals surface area contributed by atoms with E-state index in [1.807, 2.05) is 30.3 Å². The summed E-state index contributed by atoms with van der Waals surface area (Å²) in [5, 5.41) is 4.96. The van der Waals surface area contributed by atoms with Gasteiger partial charge in [0.25, 0.3) is 5.91 Å². The van der Waals surface area contributed by atoms with Crippen molar-refractivity contribution >= 4 is 50.7 Å². The Morgan fingerprint density at radius 2 is 1.63 bits per heavy atom. The molecule has 0 atom stereocenters. The van der Waals surface area contributed by atoms with Gasteiger partial charge in [-0.3, -0.25) is 4.79 Å². The van der Waals surface area contributed by atoms with E-state index in [4.69, 9.17) is 16.2 Å². The fourth-order valence-corrected chi connectivity index (χ4v) is 3.68. The third-order valence-corrected chi connectivity index (χ3v) is 4.92. The van der Waals surface area contributed by atoms with Crippen molar-refractivity contribution in [3.05, 3.63) is 66.2 Å². The van der Waals surface area contributed by atoms with Crippen LogP contribution in [0.4, 0.5) is 17.1 Å². The van der Waals surface area contributed by atoms with E-state index in [-0.39, 0.29) is 5.56 Å². The zero-order chi connectivity index (χ0) is 21.3. The largest absolute Gasteiger partial charge is 0.452 e. The number of fused-ring (bicyclic) bond motifs is 3. The number of aryl methyl sites for hydroxylation is 1. The van der Waals surface area contributed by atoms with Crippen LogP contribution < -0.4 is 16.8 Å². The maximum absolute atomic E-state index is 12.3. The Kier molecular flexibility index (Phi) is 5.02. The minimum absolute atomic E-state index is 0.203. The number of aromatic nitrogens is 1. The number of anilines is 3. The molecular formula is C23H22N4O3. The molecule has 0 aliphatic carbocycles. The van der Waals surface area contributed by atoms with Gasteiger partial charge in [0.05, 0.1) is 5.56 Å². The molecule has 0 fully saturated rings. The van der Waals surface area contributed by atoms with Gasteiger partial charge in [0, 0.05) is 45.4 Å². The molecule has 0 unspecified atom stereocenters. The number of nitrogens with two attached hydrogens (primary N) is 2. The third-order valence-electron chi connectivity index (χ3n) is 4.92. The topological polar surface area (TPSA) is 112 Å². The van der Waals surface area contributed by atoms with Crippen molar-refractivity contribution in [2.24, 2.45) is 0 Å². The van der Waals surface area contributed by atoms with Gasteiger partial charge in [-0.15, -0.1) is 0 Å². The van der Waals surface area contributed by atoms with Crippen LogP contribution in [-0.4, -0.2) is 23.1 Å². The van der Waals surface area contributed by atoms with Gasteiger partial charge in [0.15, 0.2) is 6.61 Å². The molecule has 4 rings (SSSR count). The molecule has 4 aromatic rings. The molecule has 1 heterocycles. The molecule has 7 heteroatoms. The van der Waals surface area contributed by atoms with E-state index in [9.17, 15) is 9.59 Å². The average Bonchev–Trinajstić information content (AvgIpc) is 3.04. The molecule has 0 spiro atoms. The Morgan fingerprint density at radius 3 is 2.37 bits per heavy atom. The summed E-state index contributed by atoms with van der Waals surface area (Å²) in [6.45, 7) is 2.53. The number of nitrogens with one attached hydrogen (secondary N) is 1. The van der Waals surface area contributed by atoms with E-state index in [2.05, 4.69) is 28.9 Å². The second kappa shape index (κ2) is 7.79. The van der Waals surface area contributed by atoms with Crippen LogP contribution in [-0.2, 0) is 16.1 Å². The number of rotatable bonds is 5. The quantitative estimate of drug-likeness (QED) is 0.347. The molecule has 0 aliphatic rings. The lowest BCUT2D eigenvalue weighted by Gasteiger charge is -2.08. The van der Waals surface area contributed by atoms with Gasteiger partial charge < -0.3 is 26.1 Å². The first-order chi connectivity index (χ1) is 14.5. The van der Waals surface area contributed by atoms with Crippen molar-refractivity contribution in [1.82, 2.24) is 4.57 Å². The molecule has 0 aliphatic heterocycles. The predicted molar refractivity (Wildman–Crippen MR) is 119 cm³/mol. The van der Waals surface area contributed by atoms with Crippen molar-refractivity contribution in [2.75, 3.05) is 23.4 Å². The molecule has 5 N–H and O–H groups in total. The van der Waals surface area contributed by atoms with Crippen LogP contribution in [0.25, 0.3) is 21.8 Å². The van der Waals surface area contributed by atoms with Gasteiger partial charge in [-0.1, -0.05) is 18.2 Å². The number of ether oxygens (including phenoxy) is 1. The van der Waals surface area contributed by atoms with Gasteiger partial charge in [-0.05, 0) is 49.4 Å². The lowest BCUT2D eigenvalue weighted by atomic mass is 10.1. The van der Waals surface area contributed by atoms with Crippen LogP contribution in [0, 0.1) is 0 Å². The van der Waals surface area contributed by atoms with E-state index < -0.39 is 18.5 Å². The fourth-order valence-electron chi connectivity index (χ4n) is 3.68. The first-order valence-corrected chi connectivity index (χ1v) is 9.60. The highest BCUT2D eigenvalue weighted by molar-refractivity contribution is 6.10. The van der Waals surface area contributed by atoms with Crippen molar-refractivity contribution in [3.8, 4) is 0 Å². The first kappa shape index (κ1) is 19.3. The molecule has 0 saturated carbocycles. The number of carbonyl (C=O) groups excluding carboxylic acids is 2. The predicted octanol–water partition coefficient (Wildman–Crippen LogP) is 3.77. The zero-order valence-corrected chi connectivity index (χ0v) is 16.5. The number of nitrogens with zero attached hydrogens (tertiary/aromatic N) is 1. The van der Waals surface area contributed by atoms with Gasteiger partial charge in [-0.25, -0.2) is 4.79 Å². The van der Waals surface area contributed by atoms with Crippen LogP contribution in [0.1, 0.15) is 17.3 Å². The normalized spacial score (nSPS) is 11.0. The van der Waals surface area contributed by atoms with Gasteiger partial charge in [0.1, 0.15) is 0 Å². The number of carbonyl (C=O) groups is 2. The van der Waals surface area contributed by atoms with Crippen molar-refractivity contribution in [2.45, 2.75) is 13.5 Å². The minimum Gasteiger partial charge on any atom is -0.452 e. The lowest BCUT2D eigenvalue weighted by molar-refractivity contribution is -0.119. The molecule has 7 nitrogen and oxygen atoms in total. The summed E-state index contributed by atoms with van der Waals surface area (Å²) in [5.41, 5.74) is 15.2. The van der Waals surface area contributed by atoms with E-state index in [1.165, 1.54) is 18.2 Å². The maximum atomic E-state index is 12.3. The van der Waals surface area contributed by atoms with Gasteiger partial charge >= 0.3 is 5.97 Å². The number of benzene rings is 3. The summed E-state index contributed by atoms with van der Waals surface area (Å²) in [6.07, 6.45) is 0. The molecule has 30 heavy (non-hydrogen) atoms.